The van der Waals surface area contributed by atoms with Crippen molar-refractivity contribution in [2.24, 2.45) is 5.73 Å². The summed E-state index contributed by atoms with van der Waals surface area (Å²) >= 11 is 0. The third-order valence-corrected chi connectivity index (χ3v) is 3.20. The molecule has 2 aromatic rings. The number of carbonyl (C=O) groups is 1. The second kappa shape index (κ2) is 5.75. The molecule has 1 amide bonds. The van der Waals surface area contributed by atoms with E-state index in [0.717, 1.165) is 11.1 Å². The van der Waals surface area contributed by atoms with E-state index in [4.69, 9.17) is 20.9 Å². The van der Waals surface area contributed by atoms with Gasteiger partial charge in [0.05, 0.1) is 7.11 Å². The van der Waals surface area contributed by atoms with Crippen molar-refractivity contribution in [3.8, 4) is 17.2 Å². The Morgan fingerprint density at radius 1 is 1.10 bits per heavy atom. The molecule has 0 heterocycles. The molecule has 110 valence electrons. The zero-order valence-corrected chi connectivity index (χ0v) is 12.3. The molecule has 5 heteroatoms. The first-order valence-corrected chi connectivity index (χ1v) is 6.45. The molecule has 2 aromatic carbocycles. The number of ether oxygens (including phenoxy) is 2. The zero-order chi connectivity index (χ0) is 15.6. The molecule has 0 saturated heterocycles. The van der Waals surface area contributed by atoms with E-state index in [0.29, 0.717) is 28.5 Å². The average Bonchev–Trinajstić information content (AvgIpc) is 2.44. The number of benzene rings is 2. The summed E-state index contributed by atoms with van der Waals surface area (Å²) in [5.74, 6) is 1.25. The molecule has 0 aliphatic rings. The average molecular weight is 286 g/mol. The summed E-state index contributed by atoms with van der Waals surface area (Å²) in [6.45, 7) is 3.70. The van der Waals surface area contributed by atoms with Gasteiger partial charge >= 0.3 is 0 Å². The van der Waals surface area contributed by atoms with Crippen LogP contribution >= 0.6 is 0 Å². The zero-order valence-electron chi connectivity index (χ0n) is 12.3. The van der Waals surface area contributed by atoms with Crippen molar-refractivity contribution in [2.45, 2.75) is 13.8 Å². The minimum Gasteiger partial charge on any atom is -0.494 e. The molecule has 0 saturated carbocycles. The largest absolute Gasteiger partial charge is 0.494 e. The second-order valence-electron chi connectivity index (χ2n) is 4.78. The number of amides is 1. The van der Waals surface area contributed by atoms with Crippen LogP contribution in [0.3, 0.4) is 0 Å². The summed E-state index contributed by atoms with van der Waals surface area (Å²) in [4.78, 5) is 11.3. The summed E-state index contributed by atoms with van der Waals surface area (Å²) in [6, 6.07) is 8.71. The third kappa shape index (κ3) is 2.91. The van der Waals surface area contributed by atoms with E-state index in [1.165, 1.54) is 0 Å². The predicted molar refractivity (Wildman–Crippen MR) is 81.9 cm³/mol. The number of para-hydroxylation sites is 1. The monoisotopic (exact) mass is 286 g/mol. The molecule has 5 nitrogen and oxygen atoms in total. The van der Waals surface area contributed by atoms with Gasteiger partial charge in [-0.1, -0.05) is 6.07 Å². The SMILES string of the molecule is COc1cccc(Oc2c(C)cc(C(N)=O)cc2C)c1N. The quantitative estimate of drug-likeness (QED) is 0.846. The molecule has 0 spiro atoms. The first-order valence-electron chi connectivity index (χ1n) is 6.45. The van der Waals surface area contributed by atoms with E-state index < -0.39 is 5.91 Å². The van der Waals surface area contributed by atoms with Crippen molar-refractivity contribution < 1.29 is 14.3 Å². The van der Waals surface area contributed by atoms with E-state index in [1.54, 1.807) is 37.4 Å². The third-order valence-electron chi connectivity index (χ3n) is 3.20. The first-order chi connectivity index (χ1) is 9.93. The van der Waals surface area contributed by atoms with Crippen molar-refractivity contribution in [3.63, 3.8) is 0 Å². The molecule has 21 heavy (non-hydrogen) atoms. The minimum absolute atomic E-state index is 0.428. The van der Waals surface area contributed by atoms with Gasteiger partial charge in [-0.05, 0) is 49.2 Å². The van der Waals surface area contributed by atoms with Crippen LogP contribution in [-0.4, -0.2) is 13.0 Å². The number of nitrogen functional groups attached to an aromatic ring is 1. The van der Waals surface area contributed by atoms with Crippen LogP contribution in [-0.2, 0) is 0 Å². The standard InChI is InChI=1S/C16H18N2O3/c1-9-7-11(16(18)19)8-10(2)15(9)21-13-6-4-5-12(20-3)14(13)17/h4-8H,17H2,1-3H3,(H2,18,19). The van der Waals surface area contributed by atoms with Gasteiger partial charge in [0, 0.05) is 5.56 Å². The molecule has 0 radical (unpaired) electrons. The Labute approximate surface area is 123 Å². The molecular formula is C16H18N2O3. The van der Waals surface area contributed by atoms with E-state index in [9.17, 15) is 4.79 Å². The molecule has 0 aromatic heterocycles. The normalized spacial score (nSPS) is 10.2. The fourth-order valence-electron chi connectivity index (χ4n) is 2.15. The number of rotatable bonds is 4. The molecule has 0 aliphatic carbocycles. The molecule has 0 aliphatic heterocycles. The Hall–Kier alpha value is -2.69. The van der Waals surface area contributed by atoms with Crippen LogP contribution in [0.2, 0.25) is 0 Å². The molecule has 0 atom stereocenters. The summed E-state index contributed by atoms with van der Waals surface area (Å²) in [6.07, 6.45) is 0. The highest BCUT2D eigenvalue weighted by atomic mass is 16.5. The fourth-order valence-corrected chi connectivity index (χ4v) is 2.15. The number of methoxy groups -OCH3 is 1. The van der Waals surface area contributed by atoms with Crippen molar-refractivity contribution in [2.75, 3.05) is 12.8 Å². The van der Waals surface area contributed by atoms with Crippen molar-refractivity contribution in [3.05, 3.63) is 47.0 Å². The lowest BCUT2D eigenvalue weighted by Gasteiger charge is -2.15. The first kappa shape index (κ1) is 14.7. The van der Waals surface area contributed by atoms with Gasteiger partial charge in [-0.25, -0.2) is 0 Å². The van der Waals surface area contributed by atoms with Crippen molar-refractivity contribution in [1.29, 1.82) is 0 Å². The molecule has 4 N–H and O–H groups in total. The molecule has 0 unspecified atom stereocenters. The van der Waals surface area contributed by atoms with Crippen LogP contribution < -0.4 is 20.9 Å². The van der Waals surface area contributed by atoms with Gasteiger partial charge in [-0.3, -0.25) is 4.79 Å². The molecular weight excluding hydrogens is 268 g/mol. The molecule has 0 bridgehead atoms. The lowest BCUT2D eigenvalue weighted by atomic mass is 10.1. The van der Waals surface area contributed by atoms with Crippen LogP contribution in [0.5, 0.6) is 17.2 Å². The lowest BCUT2D eigenvalue weighted by molar-refractivity contribution is 0.1000. The number of aryl methyl sites for hydroxylation is 2. The van der Waals surface area contributed by atoms with Gasteiger partial charge in [0.1, 0.15) is 17.2 Å². The smallest absolute Gasteiger partial charge is 0.248 e. The minimum atomic E-state index is -0.464. The number of primary amides is 1. The Morgan fingerprint density at radius 2 is 1.67 bits per heavy atom. The van der Waals surface area contributed by atoms with Crippen LogP contribution in [0.4, 0.5) is 5.69 Å². The van der Waals surface area contributed by atoms with Gasteiger partial charge in [0.2, 0.25) is 5.91 Å². The highest BCUT2D eigenvalue weighted by Gasteiger charge is 2.13. The predicted octanol–water partition coefficient (Wildman–Crippen LogP) is 2.79. The van der Waals surface area contributed by atoms with Crippen LogP contribution in [0.1, 0.15) is 21.5 Å². The number of hydrogen-bond acceptors (Lipinski definition) is 4. The molecule has 2 rings (SSSR count). The molecule has 0 fully saturated rings. The van der Waals surface area contributed by atoms with E-state index in [-0.39, 0.29) is 0 Å². The second-order valence-corrected chi connectivity index (χ2v) is 4.78. The Morgan fingerprint density at radius 3 is 2.19 bits per heavy atom. The Balaban J connectivity index is 2.43. The van der Waals surface area contributed by atoms with Crippen LogP contribution in [0.25, 0.3) is 0 Å². The maximum Gasteiger partial charge on any atom is 0.248 e. The van der Waals surface area contributed by atoms with Gasteiger partial charge in [0.25, 0.3) is 0 Å². The van der Waals surface area contributed by atoms with Crippen molar-refractivity contribution >= 4 is 11.6 Å². The maximum absolute atomic E-state index is 11.3. The summed E-state index contributed by atoms with van der Waals surface area (Å²) in [5.41, 5.74) is 13.8. The van der Waals surface area contributed by atoms with Crippen LogP contribution in [0.15, 0.2) is 30.3 Å². The lowest BCUT2D eigenvalue weighted by Crippen LogP contribution is -2.11. The number of nitrogens with two attached hydrogens (primary N) is 2. The number of anilines is 1. The maximum atomic E-state index is 11.3. The van der Waals surface area contributed by atoms with Gasteiger partial charge in [-0.15, -0.1) is 0 Å². The highest BCUT2D eigenvalue weighted by Crippen LogP contribution is 2.37. The van der Waals surface area contributed by atoms with E-state index >= 15 is 0 Å². The van der Waals surface area contributed by atoms with Gasteiger partial charge in [-0.2, -0.15) is 0 Å². The Bertz CT molecular complexity index is 673. The fraction of sp³-hybridized carbons (Fsp3) is 0.188. The van der Waals surface area contributed by atoms with Crippen LogP contribution in [0, 0.1) is 13.8 Å². The van der Waals surface area contributed by atoms with Gasteiger partial charge < -0.3 is 20.9 Å². The summed E-state index contributed by atoms with van der Waals surface area (Å²) < 4.78 is 11.1. The Kier molecular flexibility index (Phi) is 4.03. The van der Waals surface area contributed by atoms with E-state index in [2.05, 4.69) is 0 Å². The summed E-state index contributed by atoms with van der Waals surface area (Å²) in [5, 5.41) is 0. The number of hydrogen-bond donors (Lipinski definition) is 2. The highest BCUT2D eigenvalue weighted by molar-refractivity contribution is 5.93. The van der Waals surface area contributed by atoms with Gasteiger partial charge in [0.15, 0.2) is 5.75 Å². The van der Waals surface area contributed by atoms with Crippen molar-refractivity contribution in [1.82, 2.24) is 0 Å². The topological polar surface area (TPSA) is 87.6 Å². The van der Waals surface area contributed by atoms with E-state index in [1.807, 2.05) is 13.8 Å². The number of carbonyl (C=O) groups excluding carboxylic acids is 1. The summed E-state index contributed by atoms with van der Waals surface area (Å²) in [7, 11) is 1.55.